The van der Waals surface area contributed by atoms with E-state index in [9.17, 15) is 14.7 Å². The quantitative estimate of drug-likeness (QED) is 0.530. The molecule has 0 saturated heterocycles. The summed E-state index contributed by atoms with van der Waals surface area (Å²) in [6.45, 7) is 0.704. The number of carbonyl (C=O) groups is 2. The van der Waals surface area contributed by atoms with Gasteiger partial charge in [0.2, 0.25) is 11.9 Å². The van der Waals surface area contributed by atoms with Gasteiger partial charge in [0.15, 0.2) is 5.82 Å². The Labute approximate surface area is 222 Å². The zero-order chi connectivity index (χ0) is 26.4. The molecule has 3 aliphatic carbocycles. The summed E-state index contributed by atoms with van der Waals surface area (Å²) in [6, 6.07) is 5.58. The first-order chi connectivity index (χ1) is 18.4. The molecule has 0 bridgehead atoms. The van der Waals surface area contributed by atoms with Crippen LogP contribution in [0, 0.1) is 5.41 Å². The van der Waals surface area contributed by atoms with Gasteiger partial charge in [0.05, 0.1) is 30.5 Å². The summed E-state index contributed by atoms with van der Waals surface area (Å²) >= 11 is 0. The molecule has 6 rings (SSSR count). The van der Waals surface area contributed by atoms with E-state index in [2.05, 4.69) is 20.5 Å². The molecule has 3 N–H and O–H groups in total. The van der Waals surface area contributed by atoms with Gasteiger partial charge in [0.25, 0.3) is 5.91 Å². The highest BCUT2D eigenvalue weighted by molar-refractivity contribution is 6.03. The first-order valence-corrected chi connectivity index (χ1v) is 13.7. The molecule has 2 aromatic rings. The Morgan fingerprint density at radius 1 is 1.18 bits per heavy atom. The van der Waals surface area contributed by atoms with Gasteiger partial charge in [-0.25, -0.2) is 4.98 Å². The van der Waals surface area contributed by atoms with E-state index >= 15 is 0 Å². The van der Waals surface area contributed by atoms with Crippen LogP contribution in [0.25, 0.3) is 0 Å². The lowest BCUT2D eigenvalue weighted by Gasteiger charge is -2.31. The number of fused-ring (bicyclic) bond motifs is 1. The summed E-state index contributed by atoms with van der Waals surface area (Å²) in [5.74, 6) is 1.67. The number of methoxy groups -OCH3 is 1. The van der Waals surface area contributed by atoms with Gasteiger partial charge in [0, 0.05) is 31.2 Å². The number of nitrogens with one attached hydrogen (secondary N) is 2. The number of carbonyl (C=O) groups excluding carboxylic acids is 2. The largest absolute Gasteiger partial charge is 0.495 e. The Bertz CT molecular complexity index is 1240. The van der Waals surface area contributed by atoms with Crippen molar-refractivity contribution >= 4 is 35.0 Å². The zero-order valence-corrected chi connectivity index (χ0v) is 22.1. The first kappa shape index (κ1) is 24.9. The third-order valence-corrected chi connectivity index (χ3v) is 8.68. The lowest BCUT2D eigenvalue weighted by molar-refractivity contribution is -0.122. The fourth-order valence-corrected chi connectivity index (χ4v) is 6.26. The molecule has 2 amide bonds. The molecule has 1 spiro atoms. The molecular formula is C28H36N6O4. The molecule has 3 fully saturated rings. The molecule has 3 saturated carbocycles. The molecule has 1 unspecified atom stereocenters. The average Bonchev–Trinajstić information content (AvgIpc) is 3.30. The molecule has 10 nitrogen and oxygen atoms in total. The number of nitrogens with zero attached hydrogens (tertiary/aromatic N) is 4. The van der Waals surface area contributed by atoms with Gasteiger partial charge in [0.1, 0.15) is 11.4 Å². The van der Waals surface area contributed by atoms with Crippen molar-refractivity contribution in [3.63, 3.8) is 0 Å². The summed E-state index contributed by atoms with van der Waals surface area (Å²) in [5, 5.41) is 16.0. The van der Waals surface area contributed by atoms with E-state index in [1.807, 2.05) is 7.05 Å². The highest BCUT2D eigenvalue weighted by Crippen LogP contribution is 2.52. The molecule has 0 radical (unpaired) electrons. The van der Waals surface area contributed by atoms with Crippen LogP contribution in [0.3, 0.4) is 0 Å². The van der Waals surface area contributed by atoms with Crippen LogP contribution in [0.15, 0.2) is 24.4 Å². The van der Waals surface area contributed by atoms with Crippen molar-refractivity contribution in [1.82, 2.24) is 15.3 Å². The zero-order valence-electron chi connectivity index (χ0n) is 22.1. The van der Waals surface area contributed by atoms with Crippen molar-refractivity contribution in [2.24, 2.45) is 5.41 Å². The van der Waals surface area contributed by atoms with Crippen LogP contribution in [0.2, 0.25) is 0 Å². The topological polar surface area (TPSA) is 120 Å². The van der Waals surface area contributed by atoms with Gasteiger partial charge in [-0.15, -0.1) is 0 Å². The van der Waals surface area contributed by atoms with Crippen molar-refractivity contribution in [3.8, 4) is 5.75 Å². The van der Waals surface area contributed by atoms with E-state index in [0.717, 1.165) is 43.6 Å². The average molecular weight is 521 g/mol. The molecule has 1 aromatic carbocycles. The molecular weight excluding hydrogens is 484 g/mol. The van der Waals surface area contributed by atoms with Crippen LogP contribution < -0.4 is 25.2 Å². The number of aliphatic hydroxyl groups is 1. The molecule has 38 heavy (non-hydrogen) atoms. The van der Waals surface area contributed by atoms with Crippen molar-refractivity contribution in [1.29, 1.82) is 0 Å². The maximum atomic E-state index is 13.3. The maximum Gasteiger partial charge on any atom is 0.251 e. The predicted molar refractivity (Wildman–Crippen MR) is 144 cm³/mol. The number of hydrogen-bond acceptors (Lipinski definition) is 8. The summed E-state index contributed by atoms with van der Waals surface area (Å²) < 4.78 is 5.60. The predicted octanol–water partition coefficient (Wildman–Crippen LogP) is 3.38. The molecule has 2 atom stereocenters. The van der Waals surface area contributed by atoms with E-state index in [0.29, 0.717) is 48.4 Å². The van der Waals surface area contributed by atoms with Crippen LogP contribution in [0.5, 0.6) is 5.75 Å². The van der Waals surface area contributed by atoms with Crippen LogP contribution >= 0.6 is 0 Å². The van der Waals surface area contributed by atoms with E-state index in [4.69, 9.17) is 9.72 Å². The Balaban J connectivity index is 1.26. The van der Waals surface area contributed by atoms with Crippen molar-refractivity contribution in [2.75, 3.05) is 35.8 Å². The van der Waals surface area contributed by atoms with E-state index in [1.165, 1.54) is 12.8 Å². The maximum absolute atomic E-state index is 13.3. The van der Waals surface area contributed by atoms with Crippen molar-refractivity contribution in [2.45, 2.75) is 76.0 Å². The molecule has 1 aliphatic heterocycles. The molecule has 2 heterocycles. The number of anilines is 4. The highest BCUT2D eigenvalue weighted by Gasteiger charge is 2.55. The second-order valence-corrected chi connectivity index (χ2v) is 11.3. The highest BCUT2D eigenvalue weighted by atomic mass is 16.5. The third kappa shape index (κ3) is 4.55. The normalized spacial score (nSPS) is 24.3. The number of amides is 2. The summed E-state index contributed by atoms with van der Waals surface area (Å²) in [5.41, 5.74) is 1.57. The molecule has 1 aromatic heterocycles. The number of aromatic nitrogens is 2. The number of aliphatic hydroxyl groups excluding tert-OH is 1. The summed E-state index contributed by atoms with van der Waals surface area (Å²) in [6.07, 6.45) is 9.90. The van der Waals surface area contributed by atoms with E-state index in [1.54, 1.807) is 36.4 Å². The fraction of sp³-hybridized carbons (Fsp3) is 0.571. The monoisotopic (exact) mass is 520 g/mol. The smallest absolute Gasteiger partial charge is 0.251 e. The standard InChI is InChI=1S/C28H36N6O4/c1-33-22-15-29-27(32-24(22)34(19-5-3-4-6-19)16-28(11-12-28)26(33)37)31-21-10-7-17(13-23(21)38-2)25(36)30-18-8-9-20(35)14-18/h7,10,13,15,18-20,35H,3-6,8-9,11-12,14,16H2,1-2H3,(H,30,36)(H,29,31,32)/t18-,20?/m1/s1. The number of ether oxygens (including phenoxy) is 1. The Kier molecular flexibility index (Phi) is 6.37. The second kappa shape index (κ2) is 9.72. The van der Waals surface area contributed by atoms with E-state index < -0.39 is 0 Å². The Morgan fingerprint density at radius 3 is 2.66 bits per heavy atom. The van der Waals surface area contributed by atoms with Gasteiger partial charge >= 0.3 is 0 Å². The molecule has 202 valence electrons. The van der Waals surface area contributed by atoms with E-state index in [-0.39, 0.29) is 29.4 Å². The van der Waals surface area contributed by atoms with Gasteiger partial charge in [-0.1, -0.05) is 12.8 Å². The Morgan fingerprint density at radius 2 is 1.97 bits per heavy atom. The van der Waals surface area contributed by atoms with Crippen LogP contribution in [0.1, 0.15) is 68.1 Å². The first-order valence-electron chi connectivity index (χ1n) is 13.7. The fourth-order valence-electron chi connectivity index (χ4n) is 6.26. The lowest BCUT2D eigenvalue weighted by atomic mass is 10.0. The minimum Gasteiger partial charge on any atom is -0.495 e. The number of hydrogen-bond donors (Lipinski definition) is 3. The van der Waals surface area contributed by atoms with Gasteiger partial charge in [-0.3, -0.25) is 9.59 Å². The van der Waals surface area contributed by atoms with Gasteiger partial charge in [-0.2, -0.15) is 4.98 Å². The summed E-state index contributed by atoms with van der Waals surface area (Å²) in [4.78, 5) is 39.6. The van der Waals surface area contributed by atoms with Crippen LogP contribution in [0.4, 0.5) is 23.1 Å². The SMILES string of the molecule is COc1cc(C(=O)N[C@@H]2CCC(O)C2)ccc1Nc1ncc2c(n1)N(C1CCCC1)CC1(CC1)C(=O)N2C. The van der Waals surface area contributed by atoms with Gasteiger partial charge < -0.3 is 30.3 Å². The van der Waals surface area contributed by atoms with Crippen LogP contribution in [-0.2, 0) is 4.79 Å². The van der Waals surface area contributed by atoms with Crippen molar-refractivity contribution < 1.29 is 19.4 Å². The number of rotatable bonds is 6. The second-order valence-electron chi connectivity index (χ2n) is 11.3. The van der Waals surface area contributed by atoms with Crippen LogP contribution in [-0.4, -0.2) is 65.8 Å². The lowest BCUT2D eigenvalue weighted by Crippen LogP contribution is -2.41. The Hall–Kier alpha value is -3.40. The van der Waals surface area contributed by atoms with Crippen molar-refractivity contribution in [3.05, 3.63) is 30.0 Å². The molecule has 10 heteroatoms. The van der Waals surface area contributed by atoms with Gasteiger partial charge in [-0.05, 0) is 63.1 Å². The third-order valence-electron chi connectivity index (χ3n) is 8.68. The number of benzene rings is 1. The summed E-state index contributed by atoms with van der Waals surface area (Å²) in [7, 11) is 3.39. The minimum atomic E-state index is -0.348. The minimum absolute atomic E-state index is 0.0168. The molecule has 4 aliphatic rings.